The van der Waals surface area contributed by atoms with Crippen molar-refractivity contribution < 1.29 is 9.90 Å². The predicted molar refractivity (Wildman–Crippen MR) is 89.7 cm³/mol. The van der Waals surface area contributed by atoms with Crippen molar-refractivity contribution in [3.63, 3.8) is 0 Å². The Morgan fingerprint density at radius 2 is 2.09 bits per heavy atom. The van der Waals surface area contributed by atoms with Crippen molar-refractivity contribution in [1.82, 2.24) is 9.97 Å². The van der Waals surface area contributed by atoms with Crippen LogP contribution in [-0.2, 0) is 6.42 Å². The highest BCUT2D eigenvalue weighted by Gasteiger charge is 2.30. The van der Waals surface area contributed by atoms with Crippen LogP contribution in [0.3, 0.4) is 0 Å². The molecule has 2 aromatic heterocycles. The number of carbonyl (C=O) groups is 1. The number of halogens is 1. The number of aliphatic hydroxyl groups is 1. The summed E-state index contributed by atoms with van der Waals surface area (Å²) in [6.07, 6.45) is 2.14. The van der Waals surface area contributed by atoms with Gasteiger partial charge in [-0.1, -0.05) is 11.6 Å². The number of pyridine rings is 2. The Kier molecular flexibility index (Phi) is 4.19. The maximum absolute atomic E-state index is 12.8. The number of fused-ring (bicyclic) bond motifs is 2. The van der Waals surface area contributed by atoms with E-state index in [-0.39, 0.29) is 12.5 Å². The number of hydrogen-bond donors (Lipinski definition) is 1. The molecule has 1 N–H and O–H groups in total. The van der Waals surface area contributed by atoms with E-state index in [9.17, 15) is 4.79 Å². The summed E-state index contributed by atoms with van der Waals surface area (Å²) in [4.78, 5) is 25.1. The van der Waals surface area contributed by atoms with Crippen molar-refractivity contribution in [2.75, 3.05) is 30.0 Å². The average molecular weight is 333 g/mol. The highest BCUT2D eigenvalue weighted by atomic mass is 35.5. The zero-order chi connectivity index (χ0) is 16.6. The van der Waals surface area contributed by atoms with Gasteiger partial charge in [-0.05, 0) is 37.1 Å². The quantitative estimate of drug-likeness (QED) is 0.874. The molecule has 0 saturated heterocycles. The molecular weight excluding hydrogens is 316 g/mol. The summed E-state index contributed by atoms with van der Waals surface area (Å²) in [6, 6.07) is 5.23. The smallest absolute Gasteiger partial charge is 0.261 e. The van der Waals surface area contributed by atoms with Crippen LogP contribution >= 0.6 is 11.6 Å². The van der Waals surface area contributed by atoms with Gasteiger partial charge in [0.05, 0.1) is 11.3 Å². The first-order valence-corrected chi connectivity index (χ1v) is 7.76. The molecule has 0 fully saturated rings. The van der Waals surface area contributed by atoms with Gasteiger partial charge in [-0.15, -0.1) is 0 Å². The van der Waals surface area contributed by atoms with Gasteiger partial charge < -0.3 is 14.9 Å². The highest BCUT2D eigenvalue weighted by Crippen LogP contribution is 2.38. The van der Waals surface area contributed by atoms with Crippen molar-refractivity contribution in [2.24, 2.45) is 0 Å². The van der Waals surface area contributed by atoms with Gasteiger partial charge >= 0.3 is 0 Å². The first kappa shape index (κ1) is 15.7. The molecule has 2 aromatic rings. The largest absolute Gasteiger partial charge is 0.396 e. The van der Waals surface area contributed by atoms with E-state index in [0.29, 0.717) is 41.0 Å². The second kappa shape index (κ2) is 6.14. The minimum Gasteiger partial charge on any atom is -0.396 e. The molecule has 1 aliphatic rings. The van der Waals surface area contributed by atoms with Gasteiger partial charge in [0.1, 0.15) is 11.0 Å². The topological polar surface area (TPSA) is 69.6 Å². The van der Waals surface area contributed by atoms with E-state index in [4.69, 9.17) is 16.7 Å². The van der Waals surface area contributed by atoms with Crippen molar-refractivity contribution in [3.05, 3.63) is 40.7 Å². The molecule has 0 saturated carbocycles. The third-order valence-corrected chi connectivity index (χ3v) is 4.08. The number of aromatic nitrogens is 2. The van der Waals surface area contributed by atoms with Gasteiger partial charge in [-0.3, -0.25) is 4.79 Å². The summed E-state index contributed by atoms with van der Waals surface area (Å²) in [5.41, 5.74) is 2.00. The number of amides is 1. The first-order valence-electron chi connectivity index (χ1n) is 7.38. The molecule has 1 aliphatic heterocycles. The fourth-order valence-corrected chi connectivity index (χ4v) is 2.85. The van der Waals surface area contributed by atoms with E-state index >= 15 is 0 Å². The molecule has 0 unspecified atom stereocenters. The van der Waals surface area contributed by atoms with E-state index < -0.39 is 0 Å². The Bertz CT molecular complexity index is 766. The van der Waals surface area contributed by atoms with Crippen LogP contribution in [0.15, 0.2) is 24.4 Å². The van der Waals surface area contributed by atoms with E-state index in [0.717, 1.165) is 5.56 Å². The number of hydrogen-bond acceptors (Lipinski definition) is 5. The van der Waals surface area contributed by atoms with Crippen LogP contribution in [0, 0.1) is 0 Å². The lowest BCUT2D eigenvalue weighted by atomic mass is 10.1. The summed E-state index contributed by atoms with van der Waals surface area (Å²) >= 11 is 6.04. The Morgan fingerprint density at radius 3 is 2.78 bits per heavy atom. The molecule has 6 nitrogen and oxygen atoms in total. The molecule has 7 heteroatoms. The molecular formula is C16H17ClN4O2. The number of anilines is 3. The minimum atomic E-state index is -0.159. The molecule has 0 aliphatic carbocycles. The van der Waals surface area contributed by atoms with Gasteiger partial charge in [0.2, 0.25) is 0 Å². The molecule has 23 heavy (non-hydrogen) atoms. The summed E-state index contributed by atoms with van der Waals surface area (Å²) in [6.45, 7) is 2.58. The minimum absolute atomic E-state index is 0.0133. The van der Waals surface area contributed by atoms with Crippen LogP contribution < -0.4 is 9.80 Å². The van der Waals surface area contributed by atoms with Gasteiger partial charge in [0.15, 0.2) is 5.82 Å². The molecule has 3 rings (SSSR count). The number of aliphatic hydroxyl groups excluding tert-OH is 1. The number of nitrogens with zero attached hydrogens (tertiary/aromatic N) is 4. The zero-order valence-corrected chi connectivity index (χ0v) is 13.7. The SMILES string of the molecule is CCN1c2ncc(CCO)cc2C(=O)N(C)c2ccc(Cl)nc21. The van der Waals surface area contributed by atoms with Gasteiger partial charge in [0.25, 0.3) is 5.91 Å². The Labute approximate surface area is 139 Å². The van der Waals surface area contributed by atoms with Crippen molar-refractivity contribution in [3.8, 4) is 0 Å². The molecule has 0 bridgehead atoms. The normalized spacial score (nSPS) is 13.7. The number of rotatable bonds is 3. The van der Waals surface area contributed by atoms with Crippen molar-refractivity contribution in [2.45, 2.75) is 13.3 Å². The molecule has 1 amide bonds. The van der Waals surface area contributed by atoms with Crippen LogP contribution in [0.1, 0.15) is 22.8 Å². The van der Waals surface area contributed by atoms with E-state index in [1.165, 1.54) is 0 Å². The van der Waals surface area contributed by atoms with Crippen LogP contribution in [-0.4, -0.2) is 41.2 Å². The molecule has 0 radical (unpaired) electrons. The standard InChI is InChI=1S/C16H17ClN4O2/c1-3-21-14-11(8-10(6-7-22)9-18-14)16(23)20(2)12-4-5-13(17)19-15(12)21/h4-5,8-9,22H,3,6-7H2,1-2H3. The fraction of sp³-hybridized carbons (Fsp3) is 0.312. The fourth-order valence-electron chi connectivity index (χ4n) is 2.71. The monoisotopic (exact) mass is 332 g/mol. The summed E-state index contributed by atoms with van der Waals surface area (Å²) in [5, 5.41) is 9.47. The van der Waals surface area contributed by atoms with Gasteiger partial charge in [0, 0.05) is 26.4 Å². The molecule has 0 aromatic carbocycles. The summed E-state index contributed by atoms with van der Waals surface area (Å²) < 4.78 is 0. The Morgan fingerprint density at radius 1 is 1.30 bits per heavy atom. The Balaban J connectivity index is 2.23. The van der Waals surface area contributed by atoms with Crippen LogP contribution in [0.25, 0.3) is 0 Å². The maximum atomic E-state index is 12.8. The highest BCUT2D eigenvalue weighted by molar-refractivity contribution is 6.29. The Hall–Kier alpha value is -2.18. The van der Waals surface area contributed by atoms with E-state index in [2.05, 4.69) is 9.97 Å². The van der Waals surface area contributed by atoms with Crippen LogP contribution in [0.4, 0.5) is 17.3 Å². The van der Waals surface area contributed by atoms with Crippen LogP contribution in [0.2, 0.25) is 5.15 Å². The molecule has 0 atom stereocenters. The third-order valence-electron chi connectivity index (χ3n) is 3.87. The van der Waals surface area contributed by atoms with Crippen LogP contribution in [0.5, 0.6) is 0 Å². The second-order valence-corrected chi connectivity index (χ2v) is 5.66. The molecule has 0 spiro atoms. The molecule has 120 valence electrons. The lowest BCUT2D eigenvalue weighted by molar-refractivity contribution is 0.0994. The lowest BCUT2D eigenvalue weighted by Gasteiger charge is -2.23. The lowest BCUT2D eigenvalue weighted by Crippen LogP contribution is -2.25. The van der Waals surface area contributed by atoms with Crippen molar-refractivity contribution >= 4 is 34.8 Å². The third kappa shape index (κ3) is 2.64. The second-order valence-electron chi connectivity index (χ2n) is 5.27. The molecule has 3 heterocycles. The maximum Gasteiger partial charge on any atom is 0.261 e. The first-order chi connectivity index (χ1) is 11.1. The van der Waals surface area contributed by atoms with E-state index in [1.54, 1.807) is 36.3 Å². The average Bonchev–Trinajstić information content (AvgIpc) is 2.63. The predicted octanol–water partition coefficient (Wildman–Crippen LogP) is 2.41. The van der Waals surface area contributed by atoms with Crippen molar-refractivity contribution in [1.29, 1.82) is 0 Å². The van der Waals surface area contributed by atoms with Gasteiger partial charge in [-0.25, -0.2) is 9.97 Å². The van der Waals surface area contributed by atoms with E-state index in [1.807, 2.05) is 11.8 Å². The number of carbonyl (C=O) groups excluding carboxylic acids is 1. The zero-order valence-electron chi connectivity index (χ0n) is 13.0. The van der Waals surface area contributed by atoms with Gasteiger partial charge in [-0.2, -0.15) is 0 Å². The summed E-state index contributed by atoms with van der Waals surface area (Å²) in [5.74, 6) is 1.00. The summed E-state index contributed by atoms with van der Waals surface area (Å²) in [7, 11) is 1.71.